The Morgan fingerprint density at radius 2 is 2.06 bits per heavy atom. The predicted octanol–water partition coefficient (Wildman–Crippen LogP) is 2.83. The summed E-state index contributed by atoms with van der Waals surface area (Å²) in [6.45, 7) is 3.70. The molecule has 4 heterocycles. The third-order valence-electron chi connectivity index (χ3n) is 5.70. The lowest BCUT2D eigenvalue weighted by molar-refractivity contribution is -0.0527. The van der Waals surface area contributed by atoms with Crippen molar-refractivity contribution in [3.63, 3.8) is 0 Å². The van der Waals surface area contributed by atoms with Gasteiger partial charge in [0.25, 0.3) is 0 Å². The highest BCUT2D eigenvalue weighted by atomic mass is 19.3. The van der Waals surface area contributed by atoms with Crippen molar-refractivity contribution in [2.24, 2.45) is 0 Å². The second-order valence-corrected chi connectivity index (χ2v) is 8.25. The fourth-order valence-corrected chi connectivity index (χ4v) is 3.98. The van der Waals surface area contributed by atoms with Gasteiger partial charge in [0, 0.05) is 37.3 Å². The van der Waals surface area contributed by atoms with Crippen molar-refractivity contribution in [1.29, 1.82) is 0 Å². The number of ether oxygens (including phenoxy) is 2. The monoisotopic (exact) mass is 438 g/mol. The fourth-order valence-electron chi connectivity index (χ4n) is 3.98. The number of nitrogens with zero attached hydrogens (tertiary/aromatic N) is 4. The van der Waals surface area contributed by atoms with Gasteiger partial charge in [0.15, 0.2) is 5.65 Å². The maximum absolute atomic E-state index is 12.8. The van der Waals surface area contributed by atoms with Crippen molar-refractivity contribution in [1.82, 2.24) is 24.8 Å². The predicted molar refractivity (Wildman–Crippen MR) is 110 cm³/mol. The molecule has 31 heavy (non-hydrogen) atoms. The number of hydrogen-bond acceptors (Lipinski definition) is 7. The number of amides is 1. The number of rotatable bonds is 6. The van der Waals surface area contributed by atoms with E-state index in [1.54, 1.807) is 15.6 Å². The molecule has 170 valence electrons. The van der Waals surface area contributed by atoms with Crippen LogP contribution in [0.4, 0.5) is 19.4 Å². The summed E-state index contributed by atoms with van der Waals surface area (Å²) < 4.78 is 37.3. The number of nitrogens with one attached hydrogen (secondary N) is 2. The summed E-state index contributed by atoms with van der Waals surface area (Å²) >= 11 is 0. The van der Waals surface area contributed by atoms with Gasteiger partial charge in [0.05, 0.1) is 6.20 Å². The highest BCUT2D eigenvalue weighted by Gasteiger charge is 2.27. The second kappa shape index (κ2) is 9.21. The summed E-state index contributed by atoms with van der Waals surface area (Å²) in [5.41, 5.74) is 1.34. The van der Waals surface area contributed by atoms with Gasteiger partial charge in [-0.05, 0) is 31.7 Å². The van der Waals surface area contributed by atoms with Crippen LogP contribution in [0, 0.1) is 0 Å². The van der Waals surface area contributed by atoms with E-state index >= 15 is 0 Å². The lowest BCUT2D eigenvalue weighted by Gasteiger charge is -2.32. The Balaban J connectivity index is 1.44. The largest absolute Gasteiger partial charge is 0.445 e. The normalized spacial score (nSPS) is 20.1. The van der Waals surface area contributed by atoms with Crippen LogP contribution in [-0.4, -0.2) is 70.5 Å². The van der Waals surface area contributed by atoms with Crippen LogP contribution in [0.2, 0.25) is 0 Å². The smallest absolute Gasteiger partial charge is 0.410 e. The fraction of sp³-hybridized carbons (Fsp3) is 0.650. The van der Waals surface area contributed by atoms with Crippen molar-refractivity contribution in [2.45, 2.75) is 57.8 Å². The van der Waals surface area contributed by atoms with Crippen LogP contribution in [0.1, 0.15) is 44.6 Å². The van der Waals surface area contributed by atoms with Gasteiger partial charge < -0.3 is 25.0 Å². The Morgan fingerprint density at radius 3 is 2.71 bits per heavy atom. The first kappa shape index (κ1) is 21.5. The van der Waals surface area contributed by atoms with Gasteiger partial charge in [0.1, 0.15) is 11.9 Å². The number of hydrogen-bond donors (Lipinski definition) is 2. The molecule has 4 rings (SSSR count). The van der Waals surface area contributed by atoms with E-state index in [2.05, 4.69) is 25.5 Å². The van der Waals surface area contributed by atoms with Gasteiger partial charge >= 0.3 is 12.7 Å². The lowest BCUT2D eigenvalue weighted by atomic mass is 10.1. The van der Waals surface area contributed by atoms with E-state index in [9.17, 15) is 13.6 Å². The first-order valence-corrected chi connectivity index (χ1v) is 10.7. The van der Waals surface area contributed by atoms with E-state index < -0.39 is 6.61 Å². The Bertz CT molecular complexity index is 908. The topological polar surface area (TPSA) is 93.0 Å². The number of anilines is 1. The molecule has 11 heteroatoms. The zero-order valence-electron chi connectivity index (χ0n) is 17.7. The molecule has 1 unspecified atom stereocenters. The van der Waals surface area contributed by atoms with E-state index in [4.69, 9.17) is 4.74 Å². The third-order valence-corrected chi connectivity index (χ3v) is 5.70. The van der Waals surface area contributed by atoms with Crippen LogP contribution in [0.15, 0.2) is 12.3 Å². The van der Waals surface area contributed by atoms with Gasteiger partial charge in [-0.2, -0.15) is 23.4 Å². The Labute approximate surface area is 179 Å². The van der Waals surface area contributed by atoms with Gasteiger partial charge in [-0.25, -0.2) is 4.79 Å². The molecule has 2 aliphatic rings. The molecule has 2 N–H and O–H groups in total. The number of alkyl halides is 2. The summed E-state index contributed by atoms with van der Waals surface area (Å²) in [6.07, 6.45) is 3.60. The molecule has 0 radical (unpaired) electrons. The van der Waals surface area contributed by atoms with Crippen LogP contribution in [0.25, 0.3) is 5.65 Å². The molecule has 2 aromatic heterocycles. The van der Waals surface area contributed by atoms with Crippen molar-refractivity contribution in [2.75, 3.05) is 31.5 Å². The van der Waals surface area contributed by atoms with Crippen LogP contribution in [0.5, 0.6) is 5.88 Å². The molecule has 0 saturated carbocycles. The molecular formula is C20H28F2N6O3. The van der Waals surface area contributed by atoms with Crippen molar-refractivity contribution in [3.05, 3.63) is 17.8 Å². The molecule has 2 fully saturated rings. The molecule has 9 nitrogen and oxygen atoms in total. The Morgan fingerprint density at radius 1 is 1.29 bits per heavy atom. The second-order valence-electron chi connectivity index (χ2n) is 8.25. The van der Waals surface area contributed by atoms with E-state index in [0.29, 0.717) is 43.9 Å². The molecule has 2 aliphatic heterocycles. The highest BCUT2D eigenvalue weighted by Crippen LogP contribution is 2.27. The minimum Gasteiger partial charge on any atom is -0.445 e. The van der Waals surface area contributed by atoms with Crippen LogP contribution in [0.3, 0.4) is 0 Å². The zero-order valence-corrected chi connectivity index (χ0v) is 17.7. The van der Waals surface area contributed by atoms with Gasteiger partial charge in [-0.3, -0.25) is 0 Å². The number of aromatic nitrogens is 3. The van der Waals surface area contributed by atoms with Crippen LogP contribution >= 0.6 is 0 Å². The third kappa shape index (κ3) is 4.97. The molecule has 0 bridgehead atoms. The highest BCUT2D eigenvalue weighted by molar-refractivity contribution is 5.68. The summed E-state index contributed by atoms with van der Waals surface area (Å²) in [5, 5.41) is 10.9. The molecular weight excluding hydrogens is 410 g/mol. The maximum atomic E-state index is 12.8. The summed E-state index contributed by atoms with van der Waals surface area (Å²) in [6, 6.07) is 1.48. The van der Waals surface area contributed by atoms with E-state index in [1.807, 2.05) is 13.8 Å². The number of carbonyl (C=O) groups excluding carboxylic acids is 1. The average molecular weight is 438 g/mol. The van der Waals surface area contributed by atoms with Crippen molar-refractivity contribution < 1.29 is 23.0 Å². The minimum atomic E-state index is -2.96. The Hall–Kier alpha value is -2.69. The molecule has 1 atom stereocenters. The number of fused-ring (bicyclic) bond motifs is 1. The van der Waals surface area contributed by atoms with Crippen molar-refractivity contribution in [3.8, 4) is 5.88 Å². The quantitative estimate of drug-likeness (QED) is 0.716. The minimum absolute atomic E-state index is 0.0499. The number of halogens is 2. The summed E-state index contributed by atoms with van der Waals surface area (Å²) in [7, 11) is 0. The molecule has 0 spiro atoms. The average Bonchev–Trinajstić information content (AvgIpc) is 3.38. The number of carbonyl (C=O) groups is 1. The molecule has 0 aromatic carbocycles. The molecule has 2 aromatic rings. The standard InChI is InChI=1S/C20H28F2N6O3/c1-12(2)15-11-24-28-16(9-17(26-18(15)28)31-19(21)22)25-13-4-7-27(8-5-13)20(29)30-14-3-6-23-10-14/h9,11-14,19,23,25H,3-8,10H2,1-2H3. The Kier molecular flexibility index (Phi) is 6.40. The zero-order chi connectivity index (χ0) is 22.0. The number of likely N-dealkylation sites (tertiary alicyclic amines) is 1. The van der Waals surface area contributed by atoms with E-state index in [-0.39, 0.29) is 30.0 Å². The molecule has 1 amide bonds. The first-order valence-electron chi connectivity index (χ1n) is 10.7. The van der Waals surface area contributed by atoms with Crippen LogP contribution in [-0.2, 0) is 4.74 Å². The first-order chi connectivity index (χ1) is 14.9. The summed E-state index contributed by atoms with van der Waals surface area (Å²) in [4.78, 5) is 18.3. The van der Waals surface area contributed by atoms with Crippen LogP contribution < -0.4 is 15.4 Å². The van der Waals surface area contributed by atoms with Crippen molar-refractivity contribution >= 4 is 17.6 Å². The SMILES string of the molecule is CC(C)c1cnn2c(NC3CCN(C(=O)OC4CCNC4)CC3)cc(OC(F)F)nc12. The number of piperidine rings is 1. The van der Waals surface area contributed by atoms with E-state index in [1.165, 1.54) is 6.07 Å². The van der Waals surface area contributed by atoms with E-state index in [0.717, 1.165) is 18.5 Å². The summed E-state index contributed by atoms with van der Waals surface area (Å²) in [5.74, 6) is 0.508. The van der Waals surface area contributed by atoms with Gasteiger partial charge in [-0.1, -0.05) is 13.8 Å². The molecule has 2 saturated heterocycles. The van der Waals surface area contributed by atoms with Gasteiger partial charge in [-0.15, -0.1) is 0 Å². The maximum Gasteiger partial charge on any atom is 0.410 e. The molecule has 0 aliphatic carbocycles. The lowest BCUT2D eigenvalue weighted by Crippen LogP contribution is -2.44. The van der Waals surface area contributed by atoms with Gasteiger partial charge in [0.2, 0.25) is 5.88 Å².